The highest BCUT2D eigenvalue weighted by Gasteiger charge is 2.29. The number of halogens is 6. The number of hydrogen-bond acceptors (Lipinski definition) is 17. The number of benzene rings is 4. The van der Waals surface area contributed by atoms with Gasteiger partial charge in [0.15, 0.2) is 5.75 Å². The number of hydrogen-bond donors (Lipinski definition) is 7. The Morgan fingerprint density at radius 3 is 1.99 bits per heavy atom. The largest absolute Gasteiger partial charge is 0.778 e. The van der Waals surface area contributed by atoms with Crippen LogP contribution in [0.25, 0.3) is 0 Å². The van der Waals surface area contributed by atoms with Crippen LogP contribution in [0.1, 0.15) is 28.2 Å². The molecule has 1 aromatic heterocycles. The molecule has 8 N–H and O–H groups in total. The summed E-state index contributed by atoms with van der Waals surface area (Å²) in [5.41, 5.74) is 5.06. The van der Waals surface area contributed by atoms with Gasteiger partial charge in [-0.2, -0.15) is 28.1 Å². The van der Waals surface area contributed by atoms with Crippen LogP contribution in [0.15, 0.2) is 83.8 Å². The van der Waals surface area contributed by atoms with E-state index in [0.29, 0.717) is 16.6 Å². The lowest BCUT2D eigenvalue weighted by molar-refractivity contribution is -0.383. The standard InChI is InChI=1S/C15H16F3N5O4S.C12H9ClN2O3.C8H6Cl2O3.C3H8NO5P.C3H9S/c1-9-19-12(22-14(20-9)27-2)21-13(24)23-28(25,26)11-6-4-3-5-10(11)7-8-15(16,17)18;13-11-10(18-8-4-2-1-3-5-8)7-6-9(12(11)14)15(16)17;1-13-7-5(10)3-2-4(9)6(7)8(11)12;5-3(6)1-4-2-10(7,8)9;1-4(2)3/h3-6H,7-8H2,1-2H3,(H2,19,20,21,22,23,24);1-7H,14H2;2-3H,1H3,(H,11,12);4H,1-2H2,(H,5,6)(H2,7,8,9);1-3H3/q;;;;+1/p-1. The Morgan fingerprint density at radius 2 is 1.48 bits per heavy atom. The molecule has 1 unspecified atom stereocenters. The highest BCUT2D eigenvalue weighted by molar-refractivity contribution is 7.94. The minimum Gasteiger partial charge on any atom is -0.778 e. The fraction of sp³-hybridized carbons (Fsp3) is 0.268. The van der Waals surface area contributed by atoms with Crippen molar-refractivity contribution in [1.82, 2.24) is 25.0 Å². The second-order valence-electron chi connectivity index (χ2n) is 14.0. The summed E-state index contributed by atoms with van der Waals surface area (Å²) in [4.78, 5) is 71.5. The first-order chi connectivity index (χ1) is 33.8. The number of aromatic carboxylic acids is 1. The molecule has 0 bridgehead atoms. The van der Waals surface area contributed by atoms with Gasteiger partial charge >= 0.3 is 30.2 Å². The summed E-state index contributed by atoms with van der Waals surface area (Å²) in [6.45, 7) is 1.02. The van der Waals surface area contributed by atoms with E-state index in [1.165, 1.54) is 63.6 Å². The van der Waals surface area contributed by atoms with Crippen LogP contribution in [0, 0.1) is 17.0 Å². The van der Waals surface area contributed by atoms with E-state index in [1.807, 2.05) is 11.4 Å². The van der Waals surface area contributed by atoms with Crippen molar-refractivity contribution in [2.45, 2.75) is 30.8 Å². The number of carboxylic acids is 2. The van der Waals surface area contributed by atoms with Crippen LogP contribution in [-0.4, -0.2) is 113 Å². The molecule has 5 rings (SSSR count). The molecule has 0 radical (unpaired) electrons. The summed E-state index contributed by atoms with van der Waals surface area (Å²) >= 11 is 17.3. The van der Waals surface area contributed by atoms with Crippen molar-refractivity contribution in [1.29, 1.82) is 0 Å². The number of ether oxygens (including phenoxy) is 3. The highest BCUT2D eigenvalue weighted by Crippen LogP contribution is 2.39. The number of sulfonamides is 1. The number of urea groups is 1. The first-order valence-corrected chi connectivity index (χ1v) is 26.5. The van der Waals surface area contributed by atoms with Crippen molar-refractivity contribution in [2.75, 3.05) is 56.9 Å². The number of nitro groups is 1. The second kappa shape index (κ2) is 30.7. The van der Waals surface area contributed by atoms with Crippen molar-refractivity contribution in [3.05, 3.63) is 121 Å². The normalized spacial score (nSPS) is 11.4. The number of nitrogens with zero attached hydrogens (tertiary/aromatic N) is 4. The van der Waals surface area contributed by atoms with E-state index in [-0.39, 0.29) is 66.9 Å². The molecule has 2 amide bonds. The van der Waals surface area contributed by atoms with Crippen LogP contribution in [0.4, 0.5) is 35.3 Å². The van der Waals surface area contributed by atoms with E-state index in [2.05, 4.69) is 39.0 Å². The Kier molecular flexibility index (Phi) is 27.3. The summed E-state index contributed by atoms with van der Waals surface area (Å²) < 4.78 is 89.0. The van der Waals surface area contributed by atoms with Crippen molar-refractivity contribution >= 4 is 98.6 Å². The Hall–Kier alpha value is -6.23. The summed E-state index contributed by atoms with van der Waals surface area (Å²) in [5, 5.41) is 31.9. The number of para-hydroxylation sites is 1. The van der Waals surface area contributed by atoms with Gasteiger partial charge in [0.1, 0.15) is 41.2 Å². The predicted octanol–water partition coefficient (Wildman–Crippen LogP) is 7.17. The number of rotatable bonds is 15. The molecule has 0 spiro atoms. The molecule has 23 nitrogen and oxygen atoms in total. The lowest BCUT2D eigenvalue weighted by atomic mass is 10.1. The SMILES string of the molecule is COc1c(Cl)ccc(Cl)c1C(=O)O.COc1nc(C)nc(NC(=O)NS(=O)(=O)c2ccccc2CCC(F)(F)F)n1.C[S+](C)C.Nc1c([N+](=O)[O-])ccc(Oc2ccccc2)c1Cl.O=C(O)CNCP(=O)([O-])O. The van der Waals surface area contributed by atoms with Gasteiger partial charge in [-0.3, -0.25) is 25.5 Å². The molecule has 0 aliphatic heterocycles. The number of nitrogens with one attached hydrogen (secondary N) is 3. The molecular weight excluding hydrogens is 1100 g/mol. The maximum atomic E-state index is 12.5. The van der Waals surface area contributed by atoms with Gasteiger partial charge in [0.05, 0.1) is 65.7 Å². The van der Waals surface area contributed by atoms with Crippen molar-refractivity contribution in [3.8, 4) is 23.3 Å². The zero-order valence-corrected chi connectivity index (χ0v) is 43.8. The number of carbonyl (C=O) groups is 3. The number of nitrogen functional groups attached to an aromatic ring is 1. The molecule has 1 heterocycles. The zero-order valence-electron chi connectivity index (χ0n) is 39.0. The summed E-state index contributed by atoms with van der Waals surface area (Å²) in [5.74, 6) is -1.44. The molecule has 0 saturated carbocycles. The van der Waals surface area contributed by atoms with Crippen LogP contribution in [-0.2, 0) is 36.7 Å². The lowest BCUT2D eigenvalue weighted by Crippen LogP contribution is -2.35. The minimum atomic E-state index is -4.45. The number of carbonyl (C=O) groups excluding carboxylic acids is 1. The van der Waals surface area contributed by atoms with Gasteiger partial charge in [-0.1, -0.05) is 71.2 Å². The number of alkyl halides is 3. The molecule has 0 fully saturated rings. The quantitative estimate of drug-likeness (QED) is 0.0179. The van der Waals surface area contributed by atoms with Gasteiger partial charge in [0.2, 0.25) is 5.95 Å². The Labute approximate surface area is 433 Å². The summed E-state index contributed by atoms with van der Waals surface area (Å²) in [7, 11) is -5.51. The van der Waals surface area contributed by atoms with Gasteiger partial charge in [0.25, 0.3) is 15.7 Å². The number of nitrogens with two attached hydrogens (primary N) is 1. The maximum Gasteiger partial charge on any atom is 0.389 e. The monoisotopic (exact) mass is 1150 g/mol. The third-order valence-electron chi connectivity index (χ3n) is 7.66. The lowest BCUT2D eigenvalue weighted by Gasteiger charge is -2.14. The van der Waals surface area contributed by atoms with E-state index in [1.54, 1.807) is 29.0 Å². The summed E-state index contributed by atoms with van der Waals surface area (Å²) in [6, 6.07) is 18.3. The second-order valence-corrected chi connectivity index (χ2v) is 20.9. The van der Waals surface area contributed by atoms with E-state index in [9.17, 15) is 55.5 Å². The van der Waals surface area contributed by atoms with Gasteiger partial charge in [-0.25, -0.2) is 22.7 Å². The Balaban J connectivity index is 0.000000508. The molecule has 73 heavy (non-hydrogen) atoms. The van der Waals surface area contributed by atoms with Gasteiger partial charge < -0.3 is 44.5 Å². The van der Waals surface area contributed by atoms with Crippen LogP contribution in [0.3, 0.4) is 0 Å². The molecular formula is C41H47Cl3F3N8O15PS2. The van der Waals surface area contributed by atoms with Crippen molar-refractivity contribution in [3.63, 3.8) is 0 Å². The third-order valence-corrected chi connectivity index (χ3v) is 10.7. The predicted molar refractivity (Wildman–Crippen MR) is 266 cm³/mol. The van der Waals surface area contributed by atoms with E-state index < -0.39 is 77.3 Å². The van der Waals surface area contributed by atoms with Gasteiger partial charge in [-0.15, -0.1) is 0 Å². The number of methoxy groups -OCH3 is 2. The first-order valence-electron chi connectivity index (χ1n) is 19.7. The van der Waals surface area contributed by atoms with Gasteiger partial charge in [-0.05, 0) is 66.2 Å². The van der Waals surface area contributed by atoms with Crippen LogP contribution < -0.4 is 40.2 Å². The maximum absolute atomic E-state index is 12.5. The molecule has 0 saturated heterocycles. The highest BCUT2D eigenvalue weighted by atomic mass is 35.5. The molecule has 5 aromatic rings. The van der Waals surface area contributed by atoms with Crippen molar-refractivity contribution < 1.29 is 79.7 Å². The molecule has 0 aliphatic carbocycles. The van der Waals surface area contributed by atoms with Crippen LogP contribution in [0.2, 0.25) is 15.1 Å². The van der Waals surface area contributed by atoms with E-state index in [0.717, 1.165) is 6.07 Å². The Morgan fingerprint density at radius 1 is 0.904 bits per heavy atom. The zero-order chi connectivity index (χ0) is 55.9. The van der Waals surface area contributed by atoms with E-state index in [4.69, 9.17) is 69.9 Å². The van der Waals surface area contributed by atoms with Crippen LogP contribution in [0.5, 0.6) is 23.3 Å². The van der Waals surface area contributed by atoms with Crippen LogP contribution >= 0.6 is 42.4 Å². The molecule has 4 aromatic carbocycles. The molecule has 1 atom stereocenters. The fourth-order valence-corrected chi connectivity index (χ4v) is 7.05. The number of aromatic nitrogens is 3. The van der Waals surface area contributed by atoms with Gasteiger partial charge in [0, 0.05) is 12.5 Å². The number of anilines is 2. The number of amides is 2. The number of carboxylic acid groups (broad SMARTS) is 2. The number of nitro benzene ring substituents is 1. The minimum absolute atomic E-state index is 0.0352. The average molecular weight is 1150 g/mol. The first kappa shape index (κ1) is 64.8. The summed E-state index contributed by atoms with van der Waals surface area (Å²) in [6.07, 6.45) is -0.321. The number of aryl methyl sites for hydroxylation is 2. The third kappa shape index (κ3) is 25.3. The van der Waals surface area contributed by atoms with Crippen molar-refractivity contribution in [2.24, 2.45) is 0 Å². The van der Waals surface area contributed by atoms with E-state index >= 15 is 0 Å². The Bertz CT molecular complexity index is 2820. The molecule has 32 heteroatoms. The average Bonchev–Trinajstić information content (AvgIpc) is 3.27. The molecule has 400 valence electrons. The smallest absolute Gasteiger partial charge is 0.389 e. The molecule has 0 aliphatic rings. The number of aliphatic carboxylic acids is 1. The fourth-order valence-electron chi connectivity index (χ4n) is 4.81. The topological polar surface area (TPSA) is 358 Å².